The van der Waals surface area contributed by atoms with Gasteiger partial charge in [0.2, 0.25) is 5.91 Å². The summed E-state index contributed by atoms with van der Waals surface area (Å²) < 4.78 is 7.51. The van der Waals surface area contributed by atoms with Crippen molar-refractivity contribution in [3.05, 3.63) is 71.1 Å². The van der Waals surface area contributed by atoms with Gasteiger partial charge in [-0.2, -0.15) is 0 Å². The second kappa shape index (κ2) is 9.36. The summed E-state index contributed by atoms with van der Waals surface area (Å²) in [4.78, 5) is 13.6. The molecular formula is C23H22N4O2S2. The van der Waals surface area contributed by atoms with E-state index in [2.05, 4.69) is 15.5 Å². The Labute approximate surface area is 189 Å². The summed E-state index contributed by atoms with van der Waals surface area (Å²) in [6.45, 7) is 4.02. The molecule has 0 aliphatic carbocycles. The Morgan fingerprint density at radius 3 is 2.71 bits per heavy atom. The van der Waals surface area contributed by atoms with Crippen molar-refractivity contribution in [2.45, 2.75) is 19.0 Å². The number of hydrogen-bond donors (Lipinski definition) is 1. The van der Waals surface area contributed by atoms with Crippen molar-refractivity contribution in [2.24, 2.45) is 0 Å². The first-order valence-electron chi connectivity index (χ1n) is 9.69. The van der Waals surface area contributed by atoms with E-state index in [1.54, 1.807) is 18.4 Å². The van der Waals surface area contributed by atoms with Crippen LogP contribution in [0.4, 0.5) is 5.69 Å². The van der Waals surface area contributed by atoms with Gasteiger partial charge in [0, 0.05) is 5.69 Å². The minimum absolute atomic E-state index is 0.0933. The van der Waals surface area contributed by atoms with E-state index < -0.39 is 0 Å². The van der Waals surface area contributed by atoms with E-state index in [9.17, 15) is 4.79 Å². The first kappa shape index (κ1) is 21.1. The lowest BCUT2D eigenvalue weighted by atomic mass is 10.1. The molecule has 1 N–H and O–H groups in total. The van der Waals surface area contributed by atoms with Crippen LogP contribution in [0.2, 0.25) is 0 Å². The van der Waals surface area contributed by atoms with Gasteiger partial charge < -0.3 is 10.1 Å². The van der Waals surface area contributed by atoms with Crippen LogP contribution in [0, 0.1) is 13.8 Å². The van der Waals surface area contributed by atoms with Crippen LogP contribution in [0.25, 0.3) is 16.4 Å². The van der Waals surface area contributed by atoms with Gasteiger partial charge in [-0.1, -0.05) is 47.7 Å². The van der Waals surface area contributed by atoms with Gasteiger partial charge in [0.15, 0.2) is 11.0 Å². The van der Waals surface area contributed by atoms with Gasteiger partial charge in [-0.3, -0.25) is 9.36 Å². The molecule has 2 heterocycles. The average molecular weight is 451 g/mol. The van der Waals surface area contributed by atoms with E-state index in [0.717, 1.165) is 33.2 Å². The molecule has 4 rings (SSSR count). The molecular weight excluding hydrogens is 428 g/mol. The maximum atomic E-state index is 12.6. The number of carbonyl (C=O) groups excluding carboxylic acids is 1. The summed E-state index contributed by atoms with van der Waals surface area (Å²) in [5.41, 5.74) is 3.85. The predicted octanol–water partition coefficient (Wildman–Crippen LogP) is 5.35. The fourth-order valence-electron chi connectivity index (χ4n) is 3.23. The molecule has 6 nitrogen and oxygen atoms in total. The number of aryl methyl sites for hydroxylation is 2. The standard InChI is InChI=1S/C23H22N4O2S2/c1-15-10-11-17(16(2)13-15)24-21(28)14-31-23-26-25-22(20-9-6-12-30-20)27(23)18-7-4-5-8-19(18)29-3/h4-13H,14H2,1-3H3,(H,24,28). The van der Waals surface area contributed by atoms with Crippen molar-refractivity contribution in [3.63, 3.8) is 0 Å². The molecule has 0 spiro atoms. The number of hydrogen-bond acceptors (Lipinski definition) is 6. The highest BCUT2D eigenvalue weighted by atomic mass is 32.2. The molecule has 0 unspecified atom stereocenters. The van der Waals surface area contributed by atoms with Crippen LogP contribution in [-0.4, -0.2) is 33.5 Å². The number of benzene rings is 2. The van der Waals surface area contributed by atoms with Crippen LogP contribution in [0.1, 0.15) is 11.1 Å². The average Bonchev–Trinajstić information content (AvgIpc) is 3.44. The molecule has 8 heteroatoms. The third kappa shape index (κ3) is 4.65. The molecule has 31 heavy (non-hydrogen) atoms. The largest absolute Gasteiger partial charge is 0.495 e. The first-order chi connectivity index (χ1) is 15.1. The van der Waals surface area contributed by atoms with Crippen molar-refractivity contribution >= 4 is 34.7 Å². The summed E-state index contributed by atoms with van der Waals surface area (Å²) in [6.07, 6.45) is 0. The molecule has 0 radical (unpaired) electrons. The number of nitrogens with one attached hydrogen (secondary N) is 1. The summed E-state index contributed by atoms with van der Waals surface area (Å²) >= 11 is 2.93. The molecule has 4 aromatic rings. The predicted molar refractivity (Wildman–Crippen MR) is 126 cm³/mol. The fourth-order valence-corrected chi connectivity index (χ4v) is 4.67. The first-order valence-corrected chi connectivity index (χ1v) is 11.6. The number of carbonyl (C=O) groups is 1. The van der Waals surface area contributed by atoms with Gasteiger partial charge in [0.1, 0.15) is 5.75 Å². The number of ether oxygens (including phenoxy) is 1. The number of anilines is 1. The zero-order chi connectivity index (χ0) is 21.8. The van der Waals surface area contributed by atoms with Gasteiger partial charge in [-0.25, -0.2) is 0 Å². The van der Waals surface area contributed by atoms with Crippen LogP contribution >= 0.6 is 23.1 Å². The van der Waals surface area contributed by atoms with E-state index in [1.807, 2.05) is 78.4 Å². The monoisotopic (exact) mass is 450 g/mol. The molecule has 0 aliphatic heterocycles. The highest BCUT2D eigenvalue weighted by molar-refractivity contribution is 7.99. The molecule has 158 valence electrons. The van der Waals surface area contributed by atoms with E-state index >= 15 is 0 Å². The Kier molecular flexibility index (Phi) is 6.39. The third-order valence-corrected chi connectivity index (χ3v) is 6.48. The van der Waals surface area contributed by atoms with E-state index in [1.165, 1.54) is 11.8 Å². The summed E-state index contributed by atoms with van der Waals surface area (Å²) in [6, 6.07) is 17.7. The molecule has 2 aromatic carbocycles. The second-order valence-corrected chi connectivity index (χ2v) is 8.84. The molecule has 0 fully saturated rings. The van der Waals surface area contributed by atoms with Crippen LogP contribution in [-0.2, 0) is 4.79 Å². The zero-order valence-electron chi connectivity index (χ0n) is 17.5. The molecule has 0 saturated carbocycles. The maximum Gasteiger partial charge on any atom is 0.234 e. The number of amides is 1. The van der Waals surface area contributed by atoms with Crippen LogP contribution in [0.5, 0.6) is 5.75 Å². The molecule has 2 aromatic heterocycles. The lowest BCUT2D eigenvalue weighted by Gasteiger charge is -2.13. The molecule has 0 aliphatic rings. The topological polar surface area (TPSA) is 69.0 Å². The maximum absolute atomic E-state index is 12.6. The smallest absolute Gasteiger partial charge is 0.234 e. The van der Waals surface area contributed by atoms with Crippen LogP contribution in [0.15, 0.2) is 65.1 Å². The van der Waals surface area contributed by atoms with Crippen LogP contribution in [0.3, 0.4) is 0 Å². The highest BCUT2D eigenvalue weighted by Crippen LogP contribution is 2.34. The molecule has 1 amide bonds. The number of thioether (sulfide) groups is 1. The van der Waals surface area contributed by atoms with Gasteiger partial charge >= 0.3 is 0 Å². The van der Waals surface area contributed by atoms with E-state index in [4.69, 9.17) is 4.74 Å². The number of para-hydroxylation sites is 2. The van der Waals surface area contributed by atoms with Crippen molar-refractivity contribution in [2.75, 3.05) is 18.2 Å². The van der Waals surface area contributed by atoms with Crippen molar-refractivity contribution in [1.29, 1.82) is 0 Å². The number of thiophene rings is 1. The number of nitrogens with zero attached hydrogens (tertiary/aromatic N) is 3. The van der Waals surface area contributed by atoms with E-state index in [0.29, 0.717) is 10.9 Å². The minimum atomic E-state index is -0.0933. The Bertz CT molecular complexity index is 1200. The lowest BCUT2D eigenvalue weighted by molar-refractivity contribution is -0.113. The number of methoxy groups -OCH3 is 1. The quantitative estimate of drug-likeness (QED) is 0.384. The van der Waals surface area contributed by atoms with Gasteiger partial charge in [0.05, 0.1) is 23.4 Å². The Morgan fingerprint density at radius 2 is 1.97 bits per heavy atom. The molecule has 0 bridgehead atoms. The van der Waals surface area contributed by atoms with Gasteiger partial charge in [-0.15, -0.1) is 21.5 Å². The van der Waals surface area contributed by atoms with Crippen LogP contribution < -0.4 is 10.1 Å². The van der Waals surface area contributed by atoms with Gasteiger partial charge in [0.25, 0.3) is 0 Å². The summed E-state index contributed by atoms with van der Waals surface area (Å²) in [5.74, 6) is 1.55. The fraction of sp³-hybridized carbons (Fsp3) is 0.174. The van der Waals surface area contributed by atoms with Crippen molar-refractivity contribution < 1.29 is 9.53 Å². The number of aromatic nitrogens is 3. The zero-order valence-corrected chi connectivity index (χ0v) is 19.1. The van der Waals surface area contributed by atoms with Crippen molar-refractivity contribution in [1.82, 2.24) is 14.8 Å². The number of rotatable bonds is 7. The normalized spacial score (nSPS) is 10.8. The molecule has 0 atom stereocenters. The Balaban J connectivity index is 1.60. The van der Waals surface area contributed by atoms with E-state index in [-0.39, 0.29) is 11.7 Å². The lowest BCUT2D eigenvalue weighted by Crippen LogP contribution is -2.15. The molecule has 0 saturated heterocycles. The van der Waals surface area contributed by atoms with Crippen molar-refractivity contribution in [3.8, 4) is 22.1 Å². The summed E-state index contributed by atoms with van der Waals surface area (Å²) in [5, 5.41) is 14.4. The third-order valence-electron chi connectivity index (χ3n) is 4.69. The Hall–Kier alpha value is -3.10. The second-order valence-electron chi connectivity index (χ2n) is 6.95. The summed E-state index contributed by atoms with van der Waals surface area (Å²) in [7, 11) is 1.64. The van der Waals surface area contributed by atoms with Gasteiger partial charge in [-0.05, 0) is 49.1 Å². The minimum Gasteiger partial charge on any atom is -0.495 e. The highest BCUT2D eigenvalue weighted by Gasteiger charge is 2.20. The Morgan fingerprint density at radius 1 is 1.13 bits per heavy atom. The SMILES string of the molecule is COc1ccccc1-n1c(SCC(=O)Nc2ccc(C)cc2C)nnc1-c1cccs1.